The van der Waals surface area contributed by atoms with Gasteiger partial charge in [-0.3, -0.25) is 0 Å². The normalized spacial score (nSPS) is 14.5. The number of aliphatic hydroxyl groups excluding tert-OH is 1. The molecule has 0 saturated carbocycles. The lowest BCUT2D eigenvalue weighted by Gasteiger charge is -2.13. The molecule has 98 valence electrons. The van der Waals surface area contributed by atoms with E-state index >= 15 is 0 Å². The number of benzene rings is 2. The summed E-state index contributed by atoms with van der Waals surface area (Å²) < 4.78 is 37.5. The molecule has 0 spiro atoms. The molecule has 0 bridgehead atoms. The van der Waals surface area contributed by atoms with Crippen LogP contribution in [-0.4, -0.2) is 11.9 Å². The Balaban J connectivity index is 2.02. The zero-order valence-corrected chi connectivity index (χ0v) is 9.77. The fourth-order valence-corrected chi connectivity index (χ4v) is 2.02. The first-order chi connectivity index (χ1) is 9.16. The molecule has 1 aliphatic rings. The van der Waals surface area contributed by atoms with Gasteiger partial charge in [-0.05, 0) is 29.8 Å². The predicted molar refractivity (Wildman–Crippen MR) is 63.0 cm³/mol. The molecule has 0 aromatic heterocycles. The van der Waals surface area contributed by atoms with Crippen LogP contribution in [0.25, 0.3) is 0 Å². The third-order valence-electron chi connectivity index (χ3n) is 2.99. The molecule has 1 unspecified atom stereocenters. The molecule has 0 radical (unpaired) electrons. The molecule has 3 rings (SSSR count). The number of aliphatic hydroxyl groups is 1. The maximum absolute atomic E-state index is 13.6. The first-order valence-corrected chi connectivity index (χ1v) is 5.68. The van der Waals surface area contributed by atoms with E-state index in [1.165, 1.54) is 12.1 Å². The van der Waals surface area contributed by atoms with Crippen LogP contribution in [-0.2, 0) is 0 Å². The molecule has 5 heteroatoms. The molecular weight excluding hydrogens is 254 g/mol. The van der Waals surface area contributed by atoms with Crippen molar-refractivity contribution in [1.29, 1.82) is 0 Å². The summed E-state index contributed by atoms with van der Waals surface area (Å²) in [6.07, 6.45) is -1.39. The number of rotatable bonds is 2. The van der Waals surface area contributed by atoms with Gasteiger partial charge in [0.05, 0.1) is 5.56 Å². The molecule has 2 aromatic rings. The number of halogens is 2. The van der Waals surface area contributed by atoms with Crippen LogP contribution in [0, 0.1) is 11.6 Å². The van der Waals surface area contributed by atoms with E-state index in [4.69, 9.17) is 9.47 Å². The summed E-state index contributed by atoms with van der Waals surface area (Å²) in [5.41, 5.74) is -0.0328. The van der Waals surface area contributed by atoms with Crippen LogP contribution in [0.3, 0.4) is 0 Å². The van der Waals surface area contributed by atoms with Crippen molar-refractivity contribution < 1.29 is 23.4 Å². The van der Waals surface area contributed by atoms with Crippen LogP contribution in [0.5, 0.6) is 11.5 Å². The lowest BCUT2D eigenvalue weighted by molar-refractivity contribution is 0.173. The third kappa shape index (κ3) is 2.02. The van der Waals surface area contributed by atoms with Crippen molar-refractivity contribution in [2.24, 2.45) is 0 Å². The molecule has 19 heavy (non-hydrogen) atoms. The number of fused-ring (bicyclic) bond motifs is 1. The maximum Gasteiger partial charge on any atom is 0.231 e. The first kappa shape index (κ1) is 11.9. The lowest BCUT2D eigenvalue weighted by Crippen LogP contribution is -2.05. The van der Waals surface area contributed by atoms with Crippen molar-refractivity contribution in [1.82, 2.24) is 0 Å². The Labute approximate surface area is 108 Å². The molecule has 0 amide bonds. The number of hydrogen-bond donors (Lipinski definition) is 1. The Morgan fingerprint density at radius 3 is 2.42 bits per heavy atom. The molecule has 1 aliphatic heterocycles. The fraction of sp³-hybridized carbons (Fsp3) is 0.143. The summed E-state index contributed by atoms with van der Waals surface area (Å²) in [6.45, 7) is 0.100. The summed E-state index contributed by atoms with van der Waals surface area (Å²) in [4.78, 5) is 0. The highest BCUT2D eigenvalue weighted by atomic mass is 19.1. The molecule has 1 atom stereocenters. The average molecular weight is 264 g/mol. The topological polar surface area (TPSA) is 38.7 Å². The Hall–Kier alpha value is -2.14. The smallest absolute Gasteiger partial charge is 0.231 e. The lowest BCUT2D eigenvalue weighted by atomic mass is 10.00. The molecule has 0 saturated heterocycles. The molecule has 1 N–H and O–H groups in total. The summed E-state index contributed by atoms with van der Waals surface area (Å²) in [5, 5.41) is 10.1. The standard InChI is InChI=1S/C14H10F2O3/c15-9-2-1-3-10(16)13(9)14(17)8-4-5-11-12(6-8)19-7-18-11/h1-6,14,17H,7H2. The largest absolute Gasteiger partial charge is 0.454 e. The summed E-state index contributed by atoms with van der Waals surface area (Å²) in [5.74, 6) is -0.575. The van der Waals surface area contributed by atoms with Gasteiger partial charge in [0.2, 0.25) is 6.79 Å². The van der Waals surface area contributed by atoms with Crippen molar-refractivity contribution in [3.05, 3.63) is 59.2 Å². The van der Waals surface area contributed by atoms with Crippen LogP contribution in [0.2, 0.25) is 0 Å². The van der Waals surface area contributed by atoms with Gasteiger partial charge in [-0.15, -0.1) is 0 Å². The summed E-state index contributed by atoms with van der Waals surface area (Å²) in [6, 6.07) is 8.12. The average Bonchev–Trinajstić information content (AvgIpc) is 2.85. The van der Waals surface area contributed by atoms with E-state index in [1.54, 1.807) is 12.1 Å². The van der Waals surface area contributed by atoms with Crippen molar-refractivity contribution in [3.63, 3.8) is 0 Å². The van der Waals surface area contributed by atoms with E-state index < -0.39 is 17.7 Å². The van der Waals surface area contributed by atoms with Crippen molar-refractivity contribution in [2.45, 2.75) is 6.10 Å². The van der Waals surface area contributed by atoms with Gasteiger partial charge in [0.25, 0.3) is 0 Å². The van der Waals surface area contributed by atoms with Gasteiger partial charge in [-0.1, -0.05) is 12.1 Å². The van der Waals surface area contributed by atoms with Crippen molar-refractivity contribution in [2.75, 3.05) is 6.79 Å². The summed E-state index contributed by atoms with van der Waals surface area (Å²) in [7, 11) is 0. The highest BCUT2D eigenvalue weighted by molar-refractivity contribution is 5.46. The monoisotopic (exact) mass is 264 g/mol. The zero-order chi connectivity index (χ0) is 13.4. The Kier molecular flexibility index (Phi) is 2.83. The minimum absolute atomic E-state index is 0.100. The van der Waals surface area contributed by atoms with Crippen LogP contribution in [0.4, 0.5) is 8.78 Å². The van der Waals surface area contributed by atoms with Gasteiger partial charge in [0.15, 0.2) is 11.5 Å². The number of hydrogen-bond acceptors (Lipinski definition) is 3. The molecule has 3 nitrogen and oxygen atoms in total. The summed E-state index contributed by atoms with van der Waals surface area (Å²) >= 11 is 0. The van der Waals surface area contributed by atoms with E-state index in [-0.39, 0.29) is 12.4 Å². The van der Waals surface area contributed by atoms with Crippen molar-refractivity contribution >= 4 is 0 Å². The van der Waals surface area contributed by atoms with Crippen LogP contribution in [0.15, 0.2) is 36.4 Å². The predicted octanol–water partition coefficient (Wildman–Crippen LogP) is 2.78. The molecule has 1 heterocycles. The number of ether oxygens (including phenoxy) is 2. The van der Waals surface area contributed by atoms with Crippen LogP contribution in [0.1, 0.15) is 17.2 Å². The quantitative estimate of drug-likeness (QED) is 0.906. The second-order valence-corrected chi connectivity index (χ2v) is 4.15. The Bertz CT molecular complexity index is 608. The van der Waals surface area contributed by atoms with E-state index in [9.17, 15) is 13.9 Å². The highest BCUT2D eigenvalue weighted by Crippen LogP contribution is 2.36. The SMILES string of the molecule is OC(c1ccc2c(c1)OCO2)c1c(F)cccc1F. The second-order valence-electron chi connectivity index (χ2n) is 4.15. The minimum atomic E-state index is -1.39. The van der Waals surface area contributed by atoms with Gasteiger partial charge >= 0.3 is 0 Å². The molecule has 0 fully saturated rings. The molecule has 0 aliphatic carbocycles. The van der Waals surface area contributed by atoms with Crippen LogP contribution >= 0.6 is 0 Å². The molecule has 2 aromatic carbocycles. The van der Waals surface area contributed by atoms with Crippen molar-refractivity contribution in [3.8, 4) is 11.5 Å². The Morgan fingerprint density at radius 1 is 1.00 bits per heavy atom. The van der Waals surface area contributed by atoms with Crippen LogP contribution < -0.4 is 9.47 Å². The fourth-order valence-electron chi connectivity index (χ4n) is 2.02. The van der Waals surface area contributed by atoms with Gasteiger partial charge in [-0.25, -0.2) is 8.78 Å². The minimum Gasteiger partial charge on any atom is -0.454 e. The maximum atomic E-state index is 13.6. The van der Waals surface area contributed by atoms with E-state index in [2.05, 4.69) is 0 Å². The van der Waals surface area contributed by atoms with Gasteiger partial charge in [-0.2, -0.15) is 0 Å². The molecular formula is C14H10F2O3. The van der Waals surface area contributed by atoms with E-state index in [1.807, 2.05) is 0 Å². The first-order valence-electron chi connectivity index (χ1n) is 5.68. The van der Waals surface area contributed by atoms with Gasteiger partial charge in [0, 0.05) is 0 Å². The van der Waals surface area contributed by atoms with E-state index in [0.717, 1.165) is 12.1 Å². The van der Waals surface area contributed by atoms with Gasteiger partial charge in [0.1, 0.15) is 17.7 Å². The third-order valence-corrected chi connectivity index (χ3v) is 2.99. The zero-order valence-electron chi connectivity index (χ0n) is 9.77. The Morgan fingerprint density at radius 2 is 1.68 bits per heavy atom. The van der Waals surface area contributed by atoms with Gasteiger partial charge < -0.3 is 14.6 Å². The highest BCUT2D eigenvalue weighted by Gasteiger charge is 2.22. The van der Waals surface area contributed by atoms with E-state index in [0.29, 0.717) is 17.1 Å². The second kappa shape index (κ2) is 4.51.